The number of sulfone groups is 1. The van der Waals surface area contributed by atoms with Crippen LogP contribution >= 0.6 is 0 Å². The monoisotopic (exact) mass is 255 g/mol. The molecule has 94 valence electrons. The second kappa shape index (κ2) is 5.16. The molecule has 1 aliphatic heterocycles. The highest BCUT2D eigenvalue weighted by molar-refractivity contribution is 7.91. The summed E-state index contributed by atoms with van der Waals surface area (Å²) < 4.78 is 24.2. The predicted molar refractivity (Wildman–Crippen MR) is 65.1 cm³/mol. The first-order valence-electron chi connectivity index (χ1n) is 5.79. The van der Waals surface area contributed by atoms with E-state index in [1.54, 1.807) is 35.2 Å². The highest BCUT2D eigenvalue weighted by Crippen LogP contribution is 2.18. The van der Waals surface area contributed by atoms with E-state index in [0.717, 1.165) is 12.8 Å². The Hall–Kier alpha value is -0.910. The molecule has 0 amide bonds. The summed E-state index contributed by atoms with van der Waals surface area (Å²) in [6.07, 6.45) is 1.94. The van der Waals surface area contributed by atoms with Crippen LogP contribution in [0, 0.1) is 0 Å². The minimum atomic E-state index is -3.33. The molecule has 1 unspecified atom stereocenters. The zero-order valence-corrected chi connectivity index (χ0v) is 10.4. The van der Waals surface area contributed by atoms with Crippen molar-refractivity contribution in [2.24, 2.45) is 0 Å². The lowest BCUT2D eigenvalue weighted by Crippen LogP contribution is -2.42. The smallest absolute Gasteiger partial charge is 0.191 e. The second-order valence-corrected chi connectivity index (χ2v) is 6.30. The van der Waals surface area contributed by atoms with Crippen molar-refractivity contribution >= 4 is 9.84 Å². The molecule has 1 N–H and O–H groups in total. The average molecular weight is 255 g/mol. The van der Waals surface area contributed by atoms with Crippen molar-refractivity contribution < 1.29 is 13.5 Å². The third-order valence-electron chi connectivity index (χ3n) is 3.02. The molecule has 1 aromatic rings. The molecule has 1 fully saturated rings. The van der Waals surface area contributed by atoms with Gasteiger partial charge in [-0.2, -0.15) is 0 Å². The summed E-state index contributed by atoms with van der Waals surface area (Å²) in [5.41, 5.74) is 0. The third kappa shape index (κ3) is 3.06. The molecule has 0 saturated carbocycles. The van der Waals surface area contributed by atoms with Gasteiger partial charge in [-0.3, -0.25) is 4.90 Å². The van der Waals surface area contributed by atoms with E-state index in [1.807, 2.05) is 0 Å². The number of aliphatic hydroxyl groups excluding tert-OH is 1. The van der Waals surface area contributed by atoms with E-state index in [2.05, 4.69) is 0 Å². The van der Waals surface area contributed by atoms with Crippen LogP contribution in [-0.2, 0) is 9.84 Å². The lowest BCUT2D eigenvalue weighted by Gasteiger charge is -2.31. The topological polar surface area (TPSA) is 57.6 Å². The first kappa shape index (κ1) is 12.5. The SMILES string of the molecule is O=S(=O)(CN1CCCCC1O)c1ccccc1. The molecule has 0 radical (unpaired) electrons. The van der Waals surface area contributed by atoms with Gasteiger partial charge in [-0.15, -0.1) is 0 Å². The molecule has 0 aromatic heterocycles. The zero-order chi connectivity index (χ0) is 12.3. The average Bonchev–Trinajstić information content (AvgIpc) is 2.33. The Kier molecular flexibility index (Phi) is 3.81. The minimum absolute atomic E-state index is 0.0990. The van der Waals surface area contributed by atoms with Crippen LogP contribution in [-0.4, -0.2) is 37.1 Å². The number of likely N-dealkylation sites (tertiary alicyclic amines) is 1. The fraction of sp³-hybridized carbons (Fsp3) is 0.500. The molecule has 5 heteroatoms. The highest BCUT2D eigenvalue weighted by atomic mass is 32.2. The van der Waals surface area contributed by atoms with Crippen molar-refractivity contribution in [3.63, 3.8) is 0 Å². The Morgan fingerprint density at radius 2 is 1.94 bits per heavy atom. The molecule has 0 aliphatic carbocycles. The van der Waals surface area contributed by atoms with Crippen molar-refractivity contribution in [2.45, 2.75) is 30.4 Å². The van der Waals surface area contributed by atoms with Crippen molar-refractivity contribution in [2.75, 3.05) is 12.4 Å². The summed E-state index contributed by atoms with van der Waals surface area (Å²) >= 11 is 0. The number of aliphatic hydroxyl groups is 1. The number of benzene rings is 1. The van der Waals surface area contributed by atoms with Gasteiger partial charge in [0, 0.05) is 6.54 Å². The van der Waals surface area contributed by atoms with Crippen LogP contribution in [0.5, 0.6) is 0 Å². The van der Waals surface area contributed by atoms with Gasteiger partial charge in [-0.1, -0.05) is 18.2 Å². The molecule has 0 bridgehead atoms. The largest absolute Gasteiger partial charge is 0.378 e. The maximum Gasteiger partial charge on any atom is 0.191 e. The number of hydrogen-bond acceptors (Lipinski definition) is 4. The molecule has 1 aliphatic rings. The molecule has 1 saturated heterocycles. The number of nitrogens with zero attached hydrogens (tertiary/aromatic N) is 1. The zero-order valence-electron chi connectivity index (χ0n) is 9.62. The normalized spacial score (nSPS) is 22.5. The molecule has 2 rings (SSSR count). The molecule has 4 nitrogen and oxygen atoms in total. The van der Waals surface area contributed by atoms with Crippen LogP contribution in [0.1, 0.15) is 19.3 Å². The Labute approximate surface area is 102 Å². The summed E-state index contributed by atoms with van der Waals surface area (Å²) in [6, 6.07) is 8.38. The van der Waals surface area contributed by atoms with Gasteiger partial charge in [-0.05, 0) is 31.4 Å². The van der Waals surface area contributed by atoms with Crippen LogP contribution in [0.2, 0.25) is 0 Å². The summed E-state index contributed by atoms with van der Waals surface area (Å²) in [5.74, 6) is -0.0990. The van der Waals surface area contributed by atoms with Gasteiger partial charge in [0.1, 0.15) is 12.1 Å². The Morgan fingerprint density at radius 3 is 2.59 bits per heavy atom. The molecule has 17 heavy (non-hydrogen) atoms. The summed E-state index contributed by atoms with van der Waals surface area (Å²) in [6.45, 7) is 0.646. The van der Waals surface area contributed by atoms with Crippen molar-refractivity contribution in [1.82, 2.24) is 4.90 Å². The third-order valence-corrected chi connectivity index (χ3v) is 4.68. The molecule has 0 spiro atoms. The standard InChI is InChI=1S/C12H17NO3S/c14-12-8-4-5-9-13(12)10-17(15,16)11-6-2-1-3-7-11/h1-3,6-7,12,14H,4-5,8-10H2. The lowest BCUT2D eigenvalue weighted by atomic mass is 10.1. The van der Waals surface area contributed by atoms with Gasteiger partial charge in [0.2, 0.25) is 0 Å². The van der Waals surface area contributed by atoms with Crippen molar-refractivity contribution in [3.05, 3.63) is 30.3 Å². The van der Waals surface area contributed by atoms with E-state index >= 15 is 0 Å². The highest BCUT2D eigenvalue weighted by Gasteiger charge is 2.25. The molecule has 1 heterocycles. The van der Waals surface area contributed by atoms with Crippen LogP contribution in [0.25, 0.3) is 0 Å². The van der Waals surface area contributed by atoms with Crippen LogP contribution in [0.3, 0.4) is 0 Å². The number of rotatable bonds is 3. The predicted octanol–water partition coefficient (Wildman–Crippen LogP) is 1.22. The second-order valence-electron chi connectivity index (χ2n) is 4.35. The Balaban J connectivity index is 2.12. The Bertz CT molecular complexity index is 458. The molecular weight excluding hydrogens is 238 g/mol. The van der Waals surface area contributed by atoms with Crippen LogP contribution in [0.15, 0.2) is 35.2 Å². The number of hydrogen-bond donors (Lipinski definition) is 1. The summed E-state index contributed by atoms with van der Waals surface area (Å²) in [4.78, 5) is 1.95. The summed E-state index contributed by atoms with van der Waals surface area (Å²) in [5, 5.41) is 9.74. The van der Waals surface area contributed by atoms with Gasteiger partial charge < -0.3 is 5.11 Å². The van der Waals surface area contributed by atoms with Gasteiger partial charge in [0.25, 0.3) is 0 Å². The van der Waals surface area contributed by atoms with Gasteiger partial charge in [0.15, 0.2) is 9.84 Å². The van der Waals surface area contributed by atoms with Crippen molar-refractivity contribution in [1.29, 1.82) is 0 Å². The maximum atomic E-state index is 12.1. The summed E-state index contributed by atoms with van der Waals surface area (Å²) in [7, 11) is -3.33. The van der Waals surface area contributed by atoms with Crippen LogP contribution < -0.4 is 0 Å². The van der Waals surface area contributed by atoms with E-state index in [4.69, 9.17) is 0 Å². The van der Waals surface area contributed by atoms with Crippen molar-refractivity contribution in [3.8, 4) is 0 Å². The quantitative estimate of drug-likeness (QED) is 0.882. The van der Waals surface area contributed by atoms with E-state index < -0.39 is 16.1 Å². The van der Waals surface area contributed by atoms with E-state index in [9.17, 15) is 13.5 Å². The first-order valence-corrected chi connectivity index (χ1v) is 7.45. The molecule has 1 aromatic carbocycles. The fourth-order valence-electron chi connectivity index (χ4n) is 2.04. The fourth-order valence-corrected chi connectivity index (χ4v) is 3.50. The van der Waals surface area contributed by atoms with Gasteiger partial charge in [0.05, 0.1) is 4.90 Å². The van der Waals surface area contributed by atoms with E-state index in [0.29, 0.717) is 17.9 Å². The van der Waals surface area contributed by atoms with Gasteiger partial charge >= 0.3 is 0 Å². The van der Waals surface area contributed by atoms with Gasteiger partial charge in [-0.25, -0.2) is 8.42 Å². The number of piperidine rings is 1. The van der Waals surface area contributed by atoms with E-state index in [1.165, 1.54) is 0 Å². The maximum absolute atomic E-state index is 12.1. The Morgan fingerprint density at radius 1 is 1.24 bits per heavy atom. The lowest BCUT2D eigenvalue weighted by molar-refractivity contribution is -0.0116. The minimum Gasteiger partial charge on any atom is -0.378 e. The van der Waals surface area contributed by atoms with E-state index in [-0.39, 0.29) is 5.88 Å². The first-order chi connectivity index (χ1) is 8.09. The van der Waals surface area contributed by atoms with Crippen LogP contribution in [0.4, 0.5) is 0 Å². The molecular formula is C12H17NO3S. The molecule has 1 atom stereocenters.